The summed E-state index contributed by atoms with van der Waals surface area (Å²) in [5.41, 5.74) is 0. The van der Waals surface area contributed by atoms with Crippen molar-refractivity contribution in [2.45, 2.75) is 45.7 Å². The first-order valence-electron chi connectivity index (χ1n) is 4.72. The van der Waals surface area contributed by atoms with Crippen LogP contribution in [-0.2, 0) is 21.7 Å². The summed E-state index contributed by atoms with van der Waals surface area (Å²) in [5, 5.41) is 0. The topological polar surface area (TPSA) is 33.5 Å². The Morgan fingerprint density at radius 3 is 1.05 bits per heavy atom. The van der Waals surface area contributed by atoms with Gasteiger partial charge >= 0.3 is 0 Å². The van der Waals surface area contributed by atoms with Gasteiger partial charge in [-0.2, -0.15) is 6.08 Å². The molecule has 1 aliphatic rings. The third kappa shape index (κ3) is 184. The van der Waals surface area contributed by atoms with E-state index in [1.807, 2.05) is 12.2 Å². The molecule has 0 aliphatic heterocycles. The summed E-state index contributed by atoms with van der Waals surface area (Å²) >= 11 is 0. The first-order chi connectivity index (χ1) is 5.96. The van der Waals surface area contributed by atoms with Crippen LogP contribution in [0.5, 0.6) is 0 Å². The van der Waals surface area contributed by atoms with Gasteiger partial charge in [-0.1, -0.05) is 39.3 Å². The minimum Gasteiger partial charge on any atom is -0.693 e. The van der Waals surface area contributed by atoms with E-state index in [1.165, 1.54) is 0 Å². The Balaban J connectivity index is -0.0000000111. The average molecular weight is 351 g/mol. The third-order valence-corrected chi connectivity index (χ3v) is 0.586. The summed E-state index contributed by atoms with van der Waals surface area (Å²) in [4.78, 5) is 0. The summed E-state index contributed by atoms with van der Waals surface area (Å²) in [6.45, 7) is 13.6. The maximum Gasteiger partial charge on any atom is 0.0379 e. The van der Waals surface area contributed by atoms with Gasteiger partial charge in [-0.25, -0.2) is 12.2 Å². The van der Waals surface area contributed by atoms with E-state index >= 15 is 0 Å². The van der Waals surface area contributed by atoms with Gasteiger partial charge in [0.15, 0.2) is 0 Å². The fourth-order valence-electron chi connectivity index (χ4n) is 0.340. The molecule has 0 heterocycles. The molecule has 0 aromatic carbocycles. The fraction of sp³-hybridized carbons (Fsp3) is 0.438. The Hall–Kier alpha value is 0.588. The fourth-order valence-corrected chi connectivity index (χ4v) is 0.340. The third-order valence-electron chi connectivity index (χ3n) is 0.586. The maximum atomic E-state index is 2.99. The Morgan fingerprint density at radius 2 is 1.00 bits per heavy atom. The van der Waals surface area contributed by atoms with Crippen LogP contribution in [0, 0.1) is 43.2 Å². The Kier molecular flexibility index (Phi) is 148. The number of rotatable bonds is 0. The number of hydrogen-bond acceptors (Lipinski definition) is 0. The largest absolute Gasteiger partial charge is 0.693 e. The van der Waals surface area contributed by atoms with Gasteiger partial charge in [-0.3, -0.25) is 6.08 Å². The second kappa shape index (κ2) is 50.4. The van der Waals surface area contributed by atoms with E-state index in [0.717, 1.165) is 6.42 Å². The van der Waals surface area contributed by atoms with Crippen LogP contribution in [-0.4, -0.2) is 17.6 Å². The molecule has 0 unspecified atom stereocenters. The van der Waals surface area contributed by atoms with E-state index in [0.29, 0.717) is 0 Å². The van der Waals surface area contributed by atoms with Crippen molar-refractivity contribution in [3.05, 3.63) is 67.6 Å². The van der Waals surface area contributed by atoms with Crippen molar-refractivity contribution in [3.8, 4) is 0 Å². The molecule has 0 saturated heterocycles. The SMILES string of the molecule is C[Si](C)C.C[Si](C)C.[C-]1=CC=CC1.[CH3-].[CH3-].[CH3-].[CH3-].[CH3-].[NH2-].[Ti]. The van der Waals surface area contributed by atoms with E-state index in [9.17, 15) is 0 Å². The van der Waals surface area contributed by atoms with Crippen LogP contribution < -0.4 is 0 Å². The molecule has 0 aromatic rings. The Morgan fingerprint density at radius 1 is 0.750 bits per heavy atom. The van der Waals surface area contributed by atoms with E-state index in [-0.39, 0.29) is 82.6 Å². The predicted octanol–water partition coefficient (Wildman–Crippen LogP) is 7.01. The van der Waals surface area contributed by atoms with Gasteiger partial charge in [-0.05, 0) is 0 Å². The van der Waals surface area contributed by atoms with E-state index in [4.69, 9.17) is 0 Å². The minimum atomic E-state index is 0. The first-order valence-corrected chi connectivity index (χ1v) is 10.7. The smallest absolute Gasteiger partial charge is 0.0379 e. The van der Waals surface area contributed by atoms with Crippen LogP contribution >= 0.6 is 0 Å². The summed E-state index contributed by atoms with van der Waals surface area (Å²) < 4.78 is 0. The molecule has 2 N–H and O–H groups in total. The van der Waals surface area contributed by atoms with Crippen molar-refractivity contribution in [1.29, 1.82) is 0 Å². The molecule has 128 valence electrons. The van der Waals surface area contributed by atoms with Crippen LogP contribution in [0.4, 0.5) is 0 Å². The normalized spacial score (nSPS) is 8.00. The molecule has 1 aliphatic carbocycles. The molecule has 4 heteroatoms. The van der Waals surface area contributed by atoms with E-state index < -0.39 is 0 Å². The molecule has 0 aromatic heterocycles. The van der Waals surface area contributed by atoms with Crippen molar-refractivity contribution in [2.75, 3.05) is 0 Å². The van der Waals surface area contributed by atoms with Crippen molar-refractivity contribution >= 4 is 17.6 Å². The quantitative estimate of drug-likeness (QED) is 0.332. The molecule has 0 atom stereocenters. The van der Waals surface area contributed by atoms with Crippen LogP contribution in [0.2, 0.25) is 39.3 Å². The minimum absolute atomic E-state index is 0. The molecular formula is C16H40NSi2Ti-7. The molecule has 1 rings (SSSR count). The van der Waals surface area contributed by atoms with Crippen molar-refractivity contribution in [1.82, 2.24) is 0 Å². The van der Waals surface area contributed by atoms with Gasteiger partial charge < -0.3 is 43.3 Å². The second-order valence-electron chi connectivity index (χ2n) is 4.00. The summed E-state index contributed by atoms with van der Waals surface area (Å²) in [6.07, 6.45) is 10.0. The molecule has 20 heavy (non-hydrogen) atoms. The molecule has 0 spiro atoms. The monoisotopic (exact) mass is 350 g/mol. The van der Waals surface area contributed by atoms with Crippen molar-refractivity contribution in [3.63, 3.8) is 0 Å². The Labute approximate surface area is 152 Å². The molecule has 0 saturated carbocycles. The number of allylic oxidation sites excluding steroid dienone is 4. The molecular weight excluding hydrogens is 310 g/mol. The number of hydrogen-bond donors (Lipinski definition) is 0. The summed E-state index contributed by atoms with van der Waals surface area (Å²) in [7, 11) is 0.241. The molecule has 0 fully saturated rings. The van der Waals surface area contributed by atoms with Gasteiger partial charge in [0, 0.05) is 39.3 Å². The Bertz CT molecular complexity index is 126. The molecule has 0 amide bonds. The van der Waals surface area contributed by atoms with Crippen LogP contribution in [0.1, 0.15) is 6.42 Å². The summed E-state index contributed by atoms with van der Waals surface area (Å²) in [6, 6.07) is 0. The van der Waals surface area contributed by atoms with Gasteiger partial charge in [0.2, 0.25) is 0 Å². The van der Waals surface area contributed by atoms with Gasteiger partial charge in [-0.15, -0.1) is 6.42 Å². The van der Waals surface area contributed by atoms with E-state index in [2.05, 4.69) is 51.4 Å². The molecule has 2 radical (unpaired) electrons. The van der Waals surface area contributed by atoms with Crippen LogP contribution in [0.15, 0.2) is 18.2 Å². The zero-order chi connectivity index (χ0) is 10.7. The predicted molar refractivity (Wildman–Crippen MR) is 106 cm³/mol. The molecule has 0 bridgehead atoms. The second-order valence-corrected chi connectivity index (χ2v) is 10.0. The molecule has 1 nitrogen and oxygen atoms in total. The van der Waals surface area contributed by atoms with Gasteiger partial charge in [0.05, 0.1) is 0 Å². The van der Waals surface area contributed by atoms with Crippen LogP contribution in [0.3, 0.4) is 0 Å². The van der Waals surface area contributed by atoms with E-state index in [1.54, 1.807) is 0 Å². The zero-order valence-electron chi connectivity index (χ0n) is 16.0. The zero-order valence-corrected chi connectivity index (χ0v) is 19.6. The first kappa shape index (κ1) is 58.8. The van der Waals surface area contributed by atoms with Gasteiger partial charge in [0.25, 0.3) is 0 Å². The van der Waals surface area contributed by atoms with Gasteiger partial charge in [0.1, 0.15) is 0 Å². The van der Waals surface area contributed by atoms with Crippen LogP contribution in [0.25, 0.3) is 6.15 Å². The maximum absolute atomic E-state index is 2.99. The van der Waals surface area contributed by atoms with Crippen molar-refractivity contribution < 1.29 is 21.7 Å². The van der Waals surface area contributed by atoms with Crippen molar-refractivity contribution in [2.24, 2.45) is 0 Å². The number of nitrogens with two attached hydrogens (primary N) is 1. The standard InChI is InChI=1S/C5H5.2C3H9Si.5CH3.H2N.Ti/c1-2-4-5-3-1;2*1-4(2)3;;;;;;;/h1-3H,4H2;2*1-3H3;5*1H3;1H2;/q-1;;;6*-1;. The summed E-state index contributed by atoms with van der Waals surface area (Å²) in [5.74, 6) is 0. The average Bonchev–Trinajstić information content (AvgIpc) is 2.35.